The molecular weight excluding hydrogens is 298 g/mol. The van der Waals surface area contributed by atoms with E-state index >= 15 is 0 Å². The van der Waals surface area contributed by atoms with Crippen molar-refractivity contribution in [2.75, 3.05) is 19.8 Å². The van der Waals surface area contributed by atoms with Crippen molar-refractivity contribution < 1.29 is 24.2 Å². The van der Waals surface area contributed by atoms with Gasteiger partial charge in [-0.2, -0.15) is 0 Å². The van der Waals surface area contributed by atoms with Gasteiger partial charge in [-0.3, -0.25) is 9.59 Å². The zero-order valence-corrected chi connectivity index (χ0v) is 12.9. The minimum Gasteiger partial charge on any atom is -0.490 e. The van der Waals surface area contributed by atoms with E-state index in [2.05, 4.69) is 0 Å². The van der Waals surface area contributed by atoms with E-state index in [1.54, 1.807) is 24.3 Å². The predicted octanol–water partition coefficient (Wildman–Crippen LogP) is 1.93. The summed E-state index contributed by atoms with van der Waals surface area (Å²) in [7, 11) is 0. The third-order valence-corrected chi connectivity index (χ3v) is 4.13. The van der Waals surface area contributed by atoms with E-state index in [4.69, 9.17) is 14.6 Å². The SMILES string of the molecule is O=C(O)CN(C(=O)c1ccc(OC2CCOCC2)cc1)C1CC1. The lowest BCUT2D eigenvalue weighted by Gasteiger charge is -2.23. The largest absolute Gasteiger partial charge is 0.490 e. The summed E-state index contributed by atoms with van der Waals surface area (Å²) < 4.78 is 11.2. The topological polar surface area (TPSA) is 76.1 Å². The van der Waals surface area contributed by atoms with E-state index in [-0.39, 0.29) is 24.6 Å². The molecule has 2 fully saturated rings. The highest BCUT2D eigenvalue weighted by Crippen LogP contribution is 2.28. The van der Waals surface area contributed by atoms with Gasteiger partial charge in [-0.25, -0.2) is 0 Å². The van der Waals surface area contributed by atoms with Gasteiger partial charge in [0.15, 0.2) is 0 Å². The van der Waals surface area contributed by atoms with Crippen molar-refractivity contribution in [3.63, 3.8) is 0 Å². The lowest BCUT2D eigenvalue weighted by Crippen LogP contribution is -2.37. The van der Waals surface area contributed by atoms with E-state index in [1.165, 1.54) is 4.90 Å². The van der Waals surface area contributed by atoms with Crippen molar-refractivity contribution in [1.82, 2.24) is 4.90 Å². The number of aliphatic carboxylic acids is 1. The molecule has 6 heteroatoms. The number of ether oxygens (including phenoxy) is 2. The second-order valence-corrected chi connectivity index (χ2v) is 6.01. The molecule has 1 N–H and O–H groups in total. The summed E-state index contributed by atoms with van der Waals surface area (Å²) in [5.41, 5.74) is 0.498. The molecule has 2 aliphatic rings. The first-order chi connectivity index (χ1) is 11.1. The number of hydrogen-bond acceptors (Lipinski definition) is 4. The van der Waals surface area contributed by atoms with Crippen molar-refractivity contribution in [1.29, 1.82) is 0 Å². The van der Waals surface area contributed by atoms with Gasteiger partial charge in [0.2, 0.25) is 0 Å². The van der Waals surface area contributed by atoms with Gasteiger partial charge in [-0.15, -0.1) is 0 Å². The standard InChI is InChI=1S/C17H21NO5/c19-16(20)11-18(13-3-4-13)17(21)12-1-5-14(6-2-12)23-15-7-9-22-10-8-15/h1-2,5-6,13,15H,3-4,7-11H2,(H,19,20). The minimum absolute atomic E-state index is 0.0664. The average Bonchev–Trinajstić information content (AvgIpc) is 3.38. The first kappa shape index (κ1) is 15.8. The molecule has 0 radical (unpaired) electrons. The smallest absolute Gasteiger partial charge is 0.323 e. The molecule has 1 heterocycles. The third kappa shape index (κ3) is 4.22. The molecule has 124 valence electrons. The van der Waals surface area contributed by atoms with Crippen LogP contribution in [-0.4, -0.2) is 53.8 Å². The number of carboxylic acid groups (broad SMARTS) is 1. The van der Waals surface area contributed by atoms with Crippen molar-refractivity contribution in [2.45, 2.75) is 37.8 Å². The molecule has 0 spiro atoms. The zero-order chi connectivity index (χ0) is 16.2. The molecular formula is C17H21NO5. The molecule has 3 rings (SSSR count). The molecule has 0 unspecified atom stereocenters. The number of amides is 1. The van der Waals surface area contributed by atoms with E-state index < -0.39 is 5.97 Å². The molecule has 1 aromatic carbocycles. The van der Waals surface area contributed by atoms with Crippen LogP contribution in [0.5, 0.6) is 5.75 Å². The maximum atomic E-state index is 12.5. The van der Waals surface area contributed by atoms with Crippen LogP contribution in [0.3, 0.4) is 0 Å². The summed E-state index contributed by atoms with van der Waals surface area (Å²) in [6.45, 7) is 1.18. The number of benzene rings is 1. The molecule has 23 heavy (non-hydrogen) atoms. The summed E-state index contributed by atoms with van der Waals surface area (Å²) in [5, 5.41) is 8.96. The number of hydrogen-bond donors (Lipinski definition) is 1. The minimum atomic E-state index is -0.982. The van der Waals surface area contributed by atoms with E-state index in [9.17, 15) is 9.59 Å². The fourth-order valence-corrected chi connectivity index (χ4v) is 2.73. The molecule has 1 aliphatic carbocycles. The number of nitrogens with zero attached hydrogens (tertiary/aromatic N) is 1. The molecule has 6 nitrogen and oxygen atoms in total. The van der Waals surface area contributed by atoms with Crippen LogP contribution in [-0.2, 0) is 9.53 Å². The Morgan fingerprint density at radius 3 is 2.35 bits per heavy atom. The maximum Gasteiger partial charge on any atom is 0.323 e. The van der Waals surface area contributed by atoms with Crippen molar-refractivity contribution in [3.8, 4) is 5.75 Å². The van der Waals surface area contributed by atoms with Gasteiger partial charge in [-0.1, -0.05) is 0 Å². The monoisotopic (exact) mass is 319 g/mol. The quantitative estimate of drug-likeness (QED) is 0.867. The third-order valence-electron chi connectivity index (χ3n) is 4.13. The Balaban J connectivity index is 1.63. The molecule has 0 atom stereocenters. The Kier molecular flexibility index (Phi) is 4.81. The zero-order valence-electron chi connectivity index (χ0n) is 12.9. The number of rotatable bonds is 6. The van der Waals surface area contributed by atoms with Crippen LogP contribution in [0, 0.1) is 0 Å². The molecule has 1 saturated carbocycles. The Morgan fingerprint density at radius 2 is 1.78 bits per heavy atom. The highest BCUT2D eigenvalue weighted by atomic mass is 16.5. The summed E-state index contributed by atoms with van der Waals surface area (Å²) in [5.74, 6) is -0.484. The first-order valence-electron chi connectivity index (χ1n) is 8.00. The van der Waals surface area contributed by atoms with E-state index in [1.807, 2.05) is 0 Å². The molecule has 0 aromatic heterocycles. The van der Waals surface area contributed by atoms with Gasteiger partial charge in [0.05, 0.1) is 13.2 Å². The summed E-state index contributed by atoms with van der Waals surface area (Å²) in [6.07, 6.45) is 3.65. The van der Waals surface area contributed by atoms with Gasteiger partial charge in [0.25, 0.3) is 5.91 Å². The fourth-order valence-electron chi connectivity index (χ4n) is 2.73. The molecule has 1 amide bonds. The maximum absolute atomic E-state index is 12.5. The number of carboxylic acids is 1. The van der Waals surface area contributed by atoms with Crippen molar-refractivity contribution >= 4 is 11.9 Å². The fraction of sp³-hybridized carbons (Fsp3) is 0.529. The van der Waals surface area contributed by atoms with Crippen LogP contribution in [0.1, 0.15) is 36.0 Å². The summed E-state index contributed by atoms with van der Waals surface area (Å²) in [6, 6.07) is 7.02. The van der Waals surface area contributed by atoms with Crippen LogP contribution < -0.4 is 4.74 Å². The highest BCUT2D eigenvalue weighted by Gasteiger charge is 2.34. The van der Waals surface area contributed by atoms with Crippen LogP contribution in [0.2, 0.25) is 0 Å². The van der Waals surface area contributed by atoms with Gasteiger partial charge < -0.3 is 19.5 Å². The molecule has 0 bridgehead atoms. The van der Waals surface area contributed by atoms with Gasteiger partial charge >= 0.3 is 5.97 Å². The Hall–Kier alpha value is -2.08. The molecule has 1 saturated heterocycles. The van der Waals surface area contributed by atoms with Gasteiger partial charge in [-0.05, 0) is 37.1 Å². The number of carbonyl (C=O) groups excluding carboxylic acids is 1. The Morgan fingerprint density at radius 1 is 1.13 bits per heavy atom. The Bertz CT molecular complexity index is 561. The number of carbonyl (C=O) groups is 2. The second-order valence-electron chi connectivity index (χ2n) is 6.01. The van der Waals surface area contributed by atoms with Crippen molar-refractivity contribution in [2.24, 2.45) is 0 Å². The summed E-state index contributed by atoms with van der Waals surface area (Å²) in [4.78, 5) is 24.8. The summed E-state index contributed by atoms with van der Waals surface area (Å²) >= 11 is 0. The second kappa shape index (κ2) is 7.00. The van der Waals surface area contributed by atoms with E-state index in [0.717, 1.165) is 31.4 Å². The van der Waals surface area contributed by atoms with Crippen LogP contribution in [0.4, 0.5) is 0 Å². The lowest BCUT2D eigenvalue weighted by molar-refractivity contribution is -0.137. The molecule has 1 aliphatic heterocycles. The highest BCUT2D eigenvalue weighted by molar-refractivity contribution is 5.96. The van der Waals surface area contributed by atoms with Crippen LogP contribution >= 0.6 is 0 Å². The van der Waals surface area contributed by atoms with Crippen LogP contribution in [0.15, 0.2) is 24.3 Å². The predicted molar refractivity (Wildman–Crippen MR) is 82.6 cm³/mol. The van der Waals surface area contributed by atoms with Crippen molar-refractivity contribution in [3.05, 3.63) is 29.8 Å². The van der Waals surface area contributed by atoms with Crippen LogP contribution in [0.25, 0.3) is 0 Å². The normalized spacial score (nSPS) is 18.4. The molecule has 1 aromatic rings. The first-order valence-corrected chi connectivity index (χ1v) is 8.00. The van der Waals surface area contributed by atoms with E-state index in [0.29, 0.717) is 18.8 Å². The van der Waals surface area contributed by atoms with Gasteiger partial charge in [0, 0.05) is 24.4 Å². The lowest BCUT2D eigenvalue weighted by atomic mass is 10.1. The van der Waals surface area contributed by atoms with Gasteiger partial charge in [0.1, 0.15) is 18.4 Å². The Labute approximate surface area is 135 Å². The average molecular weight is 319 g/mol.